The monoisotopic (exact) mass is 414 g/mol. The average Bonchev–Trinajstić information content (AvgIpc) is 2.18. The van der Waals surface area contributed by atoms with Gasteiger partial charge in [0, 0.05) is 0 Å². The van der Waals surface area contributed by atoms with Crippen molar-refractivity contribution in [3.8, 4) is 0 Å². The third-order valence-corrected chi connectivity index (χ3v) is 22.7. The first-order valence-corrected chi connectivity index (χ1v) is 21.2. The Kier molecular flexibility index (Phi) is 6.12. The van der Waals surface area contributed by atoms with Gasteiger partial charge in [0.1, 0.15) is 0 Å². The van der Waals surface area contributed by atoms with Crippen molar-refractivity contribution in [2.45, 2.75) is 58.9 Å². The molecule has 0 bridgehead atoms. The van der Waals surface area contributed by atoms with Gasteiger partial charge in [0.15, 0.2) is 0 Å². The van der Waals surface area contributed by atoms with Gasteiger partial charge in [0.2, 0.25) is 0 Å². The lowest BCUT2D eigenvalue weighted by atomic mass is 11.5. The number of methoxy groups -OCH3 is 1. The molecule has 0 aromatic carbocycles. The summed E-state index contributed by atoms with van der Waals surface area (Å²) in [7, 11) is -12.1. The molecule has 0 amide bonds. The van der Waals surface area contributed by atoms with Crippen LogP contribution in [0.2, 0.25) is 58.9 Å². The molecule has 0 aliphatic carbocycles. The lowest BCUT2D eigenvalue weighted by Crippen LogP contribution is -2.67. The summed E-state index contributed by atoms with van der Waals surface area (Å²) in [5.41, 5.74) is -0.453. The van der Waals surface area contributed by atoms with E-state index in [0.717, 1.165) is 0 Å². The van der Waals surface area contributed by atoms with Crippen LogP contribution in [-0.2, 0) is 25.3 Å². The molecular formula is C11H30O7Si5. The van der Waals surface area contributed by atoms with Gasteiger partial charge in [-0.2, -0.15) is 0 Å². The Morgan fingerprint density at radius 1 is 0.609 bits per heavy atom. The predicted molar refractivity (Wildman–Crippen MR) is 99.4 cm³/mol. The van der Waals surface area contributed by atoms with Crippen molar-refractivity contribution in [2.24, 2.45) is 0 Å². The summed E-state index contributed by atoms with van der Waals surface area (Å²) in [6, 6.07) is 0. The van der Waals surface area contributed by atoms with Crippen LogP contribution in [0.5, 0.6) is 0 Å². The maximum Gasteiger partial charge on any atom is 0.442 e. The van der Waals surface area contributed by atoms with Gasteiger partial charge in [-0.05, 0) is 58.9 Å². The summed E-state index contributed by atoms with van der Waals surface area (Å²) in [5.74, 6) is 0. The molecule has 0 aromatic rings. The first-order valence-electron chi connectivity index (χ1n) is 7.61. The van der Waals surface area contributed by atoms with E-state index in [0.29, 0.717) is 0 Å². The lowest BCUT2D eigenvalue weighted by molar-refractivity contribution is 0.173. The molecule has 0 radical (unpaired) electrons. The standard InChI is InChI=1S/C11H30O7Si5/c1-13-11(12)23(10)17-21(6,7)15-19(2,3)14-20(4,5)16-22(8,9)18-23/h1-10H3. The fourth-order valence-corrected chi connectivity index (χ4v) is 28.5. The molecule has 0 atom stereocenters. The van der Waals surface area contributed by atoms with E-state index >= 15 is 0 Å². The van der Waals surface area contributed by atoms with E-state index in [-0.39, 0.29) is 0 Å². The zero-order chi connectivity index (χ0) is 18.3. The average molecular weight is 415 g/mol. The van der Waals surface area contributed by atoms with Crippen LogP contribution in [0.15, 0.2) is 0 Å². The Labute approximate surface area is 144 Å². The molecule has 1 fully saturated rings. The Morgan fingerprint density at radius 3 is 1.13 bits per heavy atom. The number of hydrogen-bond donors (Lipinski definition) is 0. The molecule has 0 saturated carbocycles. The second-order valence-electron chi connectivity index (χ2n) is 7.55. The molecule has 0 spiro atoms. The normalized spacial score (nSPS) is 28.6. The fourth-order valence-electron chi connectivity index (χ4n) is 3.09. The van der Waals surface area contributed by atoms with Crippen molar-refractivity contribution >= 4 is 48.4 Å². The Morgan fingerprint density at radius 2 is 0.870 bits per heavy atom. The molecule has 1 aliphatic heterocycles. The van der Waals surface area contributed by atoms with Crippen molar-refractivity contribution in [3.05, 3.63) is 0 Å². The van der Waals surface area contributed by atoms with Gasteiger partial charge in [-0.3, -0.25) is 4.79 Å². The van der Waals surface area contributed by atoms with E-state index in [4.69, 9.17) is 25.3 Å². The highest BCUT2D eigenvalue weighted by Gasteiger charge is 2.56. The Hall–Kier alpha value is 0.354. The van der Waals surface area contributed by atoms with E-state index < -0.39 is 48.4 Å². The summed E-state index contributed by atoms with van der Waals surface area (Å²) in [6.07, 6.45) is 0. The molecular weight excluding hydrogens is 385 g/mol. The first-order chi connectivity index (χ1) is 10.0. The third kappa shape index (κ3) is 6.30. The van der Waals surface area contributed by atoms with Gasteiger partial charge in [0.05, 0.1) is 7.11 Å². The van der Waals surface area contributed by atoms with E-state index in [1.54, 1.807) is 6.55 Å². The van der Waals surface area contributed by atoms with Crippen molar-refractivity contribution in [1.82, 2.24) is 0 Å². The zero-order valence-corrected chi connectivity index (χ0v) is 20.9. The third-order valence-electron chi connectivity index (χ3n) is 2.91. The molecule has 1 aliphatic rings. The molecule has 1 rings (SSSR count). The van der Waals surface area contributed by atoms with Crippen LogP contribution in [-0.4, -0.2) is 55.5 Å². The molecule has 7 nitrogen and oxygen atoms in total. The molecule has 0 aromatic heterocycles. The summed E-state index contributed by atoms with van der Waals surface area (Å²) in [4.78, 5) is 12.4. The van der Waals surface area contributed by atoms with Gasteiger partial charge >= 0.3 is 48.4 Å². The minimum atomic E-state index is -3.27. The van der Waals surface area contributed by atoms with E-state index in [2.05, 4.69) is 0 Å². The van der Waals surface area contributed by atoms with Crippen LogP contribution in [0, 0.1) is 0 Å². The van der Waals surface area contributed by atoms with Crippen LogP contribution in [0.3, 0.4) is 0 Å². The Bertz CT molecular complexity index is 436. The smallest absolute Gasteiger partial charge is 0.442 e. The number of carbonyl (C=O) groups is 1. The predicted octanol–water partition coefficient (Wildman–Crippen LogP) is 3.31. The minimum Gasteiger partial charge on any atom is -0.469 e. The van der Waals surface area contributed by atoms with Gasteiger partial charge in [-0.1, -0.05) is 0 Å². The molecule has 1 saturated heterocycles. The van der Waals surface area contributed by atoms with Gasteiger partial charge in [0.25, 0.3) is 0 Å². The van der Waals surface area contributed by atoms with Crippen molar-refractivity contribution in [1.29, 1.82) is 0 Å². The van der Waals surface area contributed by atoms with Crippen LogP contribution in [0.4, 0.5) is 4.79 Å². The first kappa shape index (κ1) is 21.4. The van der Waals surface area contributed by atoms with Crippen LogP contribution in [0.25, 0.3) is 0 Å². The molecule has 0 N–H and O–H groups in total. The molecule has 12 heteroatoms. The van der Waals surface area contributed by atoms with E-state index in [1.165, 1.54) is 7.11 Å². The maximum absolute atomic E-state index is 12.4. The maximum atomic E-state index is 12.4. The van der Waals surface area contributed by atoms with Crippen molar-refractivity contribution < 1.29 is 30.1 Å². The van der Waals surface area contributed by atoms with Gasteiger partial charge in [-0.15, -0.1) is 0 Å². The second-order valence-corrected chi connectivity index (χ2v) is 25.1. The number of hydrogen-bond acceptors (Lipinski definition) is 7. The van der Waals surface area contributed by atoms with Crippen LogP contribution < -0.4 is 0 Å². The summed E-state index contributed by atoms with van der Waals surface area (Å²) >= 11 is 0. The van der Waals surface area contributed by atoms with Crippen molar-refractivity contribution in [3.63, 3.8) is 0 Å². The summed E-state index contributed by atoms with van der Waals surface area (Å²) in [5, 5.41) is 0. The molecule has 136 valence electrons. The summed E-state index contributed by atoms with van der Waals surface area (Å²) in [6.45, 7) is 17.3. The number of ether oxygens (including phenoxy) is 1. The lowest BCUT2D eigenvalue weighted by Gasteiger charge is -2.46. The highest BCUT2D eigenvalue weighted by Crippen LogP contribution is 2.31. The molecule has 1 heterocycles. The van der Waals surface area contributed by atoms with Crippen LogP contribution >= 0.6 is 0 Å². The second kappa shape index (κ2) is 6.58. The van der Waals surface area contributed by atoms with Crippen LogP contribution in [0.1, 0.15) is 0 Å². The summed E-state index contributed by atoms with van der Waals surface area (Å²) < 4.78 is 36.1. The molecule has 23 heavy (non-hydrogen) atoms. The van der Waals surface area contributed by atoms with Gasteiger partial charge in [-0.25, -0.2) is 0 Å². The largest absolute Gasteiger partial charge is 0.469 e. The highest BCUT2D eigenvalue weighted by molar-refractivity contribution is 7.04. The van der Waals surface area contributed by atoms with Gasteiger partial charge < -0.3 is 25.3 Å². The topological polar surface area (TPSA) is 72.5 Å². The minimum absolute atomic E-state index is 0.453. The molecule has 0 unspecified atom stereocenters. The number of rotatable bonds is 1. The SMILES string of the molecule is COC(=O)[Si]1(C)O[Si](C)(C)O[Si](C)(C)O[Si](C)(C)O[Si](C)(C)O1. The Balaban J connectivity index is 3.33. The zero-order valence-electron chi connectivity index (χ0n) is 15.9. The quantitative estimate of drug-likeness (QED) is 0.609. The number of carbonyl (C=O) groups excluding carboxylic acids is 1. The van der Waals surface area contributed by atoms with E-state index in [9.17, 15) is 4.79 Å². The highest BCUT2D eigenvalue weighted by atomic mass is 28.5. The fraction of sp³-hybridized carbons (Fsp3) is 0.909. The van der Waals surface area contributed by atoms with Crippen molar-refractivity contribution in [2.75, 3.05) is 7.11 Å². The van der Waals surface area contributed by atoms with E-state index in [1.807, 2.05) is 52.4 Å².